The first-order valence-electron chi connectivity index (χ1n) is 9.48. The van der Waals surface area contributed by atoms with E-state index in [4.69, 9.17) is 11.6 Å². The topological polar surface area (TPSA) is 70.1 Å². The van der Waals surface area contributed by atoms with E-state index in [-0.39, 0.29) is 11.3 Å². The molecule has 1 aromatic heterocycles. The van der Waals surface area contributed by atoms with Crippen LogP contribution in [0.3, 0.4) is 0 Å². The summed E-state index contributed by atoms with van der Waals surface area (Å²) in [5, 5.41) is 12.2. The van der Waals surface area contributed by atoms with Crippen molar-refractivity contribution in [1.82, 2.24) is 15.6 Å². The highest BCUT2D eigenvalue weighted by molar-refractivity contribution is 6.30. The number of hydrogen-bond donors (Lipinski definition) is 2. The third-order valence-electron chi connectivity index (χ3n) is 5.96. The van der Waals surface area contributed by atoms with Crippen molar-refractivity contribution in [2.45, 2.75) is 53.4 Å². The number of aromatic nitrogens is 2. The average molecular weight is 387 g/mol. The molecule has 2 N–H and O–H groups in total. The number of fused-ring (bicyclic) bond motifs is 1. The Morgan fingerprint density at radius 2 is 2.07 bits per heavy atom. The van der Waals surface area contributed by atoms with Gasteiger partial charge in [0.2, 0.25) is 0 Å². The number of amides is 1. The molecule has 0 spiro atoms. The van der Waals surface area contributed by atoms with Gasteiger partial charge in [-0.3, -0.25) is 9.89 Å². The smallest absolute Gasteiger partial charge is 0.281 e. The molecular formula is C21H27ClN4O. The van der Waals surface area contributed by atoms with Crippen LogP contribution in [0.4, 0.5) is 0 Å². The van der Waals surface area contributed by atoms with Crippen LogP contribution in [-0.4, -0.2) is 21.8 Å². The van der Waals surface area contributed by atoms with E-state index in [1.807, 2.05) is 19.1 Å². The molecule has 0 aliphatic heterocycles. The Balaban J connectivity index is 1.74. The Morgan fingerprint density at radius 3 is 2.74 bits per heavy atom. The highest BCUT2D eigenvalue weighted by Crippen LogP contribution is 2.40. The quantitative estimate of drug-likeness (QED) is 0.574. The summed E-state index contributed by atoms with van der Waals surface area (Å²) in [6.07, 6.45) is 4.08. The van der Waals surface area contributed by atoms with Crippen LogP contribution in [0, 0.1) is 11.3 Å². The summed E-state index contributed by atoms with van der Waals surface area (Å²) in [6, 6.07) is 7.36. The van der Waals surface area contributed by atoms with Crippen molar-refractivity contribution in [3.63, 3.8) is 0 Å². The molecule has 1 heterocycles. The summed E-state index contributed by atoms with van der Waals surface area (Å²) in [5.74, 6) is 0.286. The lowest BCUT2D eigenvalue weighted by molar-refractivity contribution is 0.0947. The van der Waals surface area contributed by atoms with Gasteiger partial charge in [-0.2, -0.15) is 10.2 Å². The van der Waals surface area contributed by atoms with E-state index >= 15 is 0 Å². The van der Waals surface area contributed by atoms with Crippen molar-refractivity contribution >= 4 is 23.2 Å². The van der Waals surface area contributed by atoms with E-state index in [1.165, 1.54) is 0 Å². The number of carbonyl (C=O) groups excluding carboxylic acids is 1. The molecule has 0 saturated carbocycles. The number of hydrogen-bond acceptors (Lipinski definition) is 3. The summed E-state index contributed by atoms with van der Waals surface area (Å²) >= 11 is 5.91. The molecule has 1 atom stereocenters. The minimum Gasteiger partial charge on any atom is -0.281 e. The monoisotopic (exact) mass is 386 g/mol. The molecule has 1 aliphatic rings. The van der Waals surface area contributed by atoms with Crippen molar-refractivity contribution in [2.75, 3.05) is 0 Å². The standard InChI is InChI=1S/C21H27ClN4O/c1-5-21(3,4)15-8-11-18-17(12-15)19(25-24-18)20(27)26-23-13(2)14-6-9-16(22)10-7-14/h6-7,9-10,15H,5,8,11-12H2,1-4H3,(H,24,25)(H,26,27). The van der Waals surface area contributed by atoms with E-state index in [0.29, 0.717) is 16.6 Å². The van der Waals surface area contributed by atoms with Gasteiger partial charge in [0.1, 0.15) is 0 Å². The van der Waals surface area contributed by atoms with E-state index in [1.54, 1.807) is 12.1 Å². The Labute approximate surface area is 165 Å². The molecule has 0 radical (unpaired) electrons. The second-order valence-electron chi connectivity index (χ2n) is 7.96. The normalized spacial score (nSPS) is 17.5. The second-order valence-corrected chi connectivity index (χ2v) is 8.39. The molecule has 1 aromatic carbocycles. The Kier molecular flexibility index (Phi) is 5.70. The van der Waals surface area contributed by atoms with Crippen LogP contribution in [0.1, 0.15) is 67.8 Å². The van der Waals surface area contributed by atoms with E-state index in [0.717, 1.165) is 48.2 Å². The van der Waals surface area contributed by atoms with Crippen LogP contribution in [0.25, 0.3) is 0 Å². The first kappa shape index (κ1) is 19.6. The minimum atomic E-state index is -0.268. The van der Waals surface area contributed by atoms with Gasteiger partial charge in [0.15, 0.2) is 5.69 Å². The summed E-state index contributed by atoms with van der Waals surface area (Å²) in [6.45, 7) is 8.70. The lowest BCUT2D eigenvalue weighted by Crippen LogP contribution is -2.30. The fourth-order valence-electron chi connectivity index (χ4n) is 3.58. The highest BCUT2D eigenvalue weighted by Gasteiger charge is 2.34. The van der Waals surface area contributed by atoms with Crippen molar-refractivity contribution < 1.29 is 4.79 Å². The first-order chi connectivity index (χ1) is 12.8. The molecule has 27 heavy (non-hydrogen) atoms. The highest BCUT2D eigenvalue weighted by atomic mass is 35.5. The molecule has 0 bridgehead atoms. The molecule has 0 fully saturated rings. The Morgan fingerprint density at radius 1 is 1.37 bits per heavy atom. The van der Waals surface area contributed by atoms with Crippen molar-refractivity contribution in [3.8, 4) is 0 Å². The van der Waals surface area contributed by atoms with E-state index in [2.05, 4.69) is 41.5 Å². The number of benzene rings is 1. The van der Waals surface area contributed by atoms with Gasteiger partial charge in [-0.25, -0.2) is 5.43 Å². The van der Waals surface area contributed by atoms with Gasteiger partial charge >= 0.3 is 0 Å². The van der Waals surface area contributed by atoms with Gasteiger partial charge in [-0.1, -0.05) is 50.9 Å². The van der Waals surface area contributed by atoms with E-state index < -0.39 is 0 Å². The lowest BCUT2D eigenvalue weighted by atomic mass is 9.69. The number of H-pyrrole nitrogens is 1. The summed E-state index contributed by atoms with van der Waals surface area (Å²) in [4.78, 5) is 12.7. The zero-order valence-electron chi connectivity index (χ0n) is 16.4. The van der Waals surface area contributed by atoms with Gasteiger partial charge in [-0.15, -0.1) is 0 Å². The third-order valence-corrected chi connectivity index (χ3v) is 6.22. The number of aromatic amines is 1. The number of halogens is 1. The predicted molar refractivity (Wildman–Crippen MR) is 109 cm³/mol. The maximum Gasteiger partial charge on any atom is 0.292 e. The molecule has 6 heteroatoms. The molecule has 144 valence electrons. The maximum atomic E-state index is 12.7. The van der Waals surface area contributed by atoms with Crippen molar-refractivity contribution in [3.05, 3.63) is 51.8 Å². The third kappa shape index (κ3) is 4.24. The fraction of sp³-hybridized carbons (Fsp3) is 0.476. The van der Waals surface area contributed by atoms with Gasteiger partial charge in [0, 0.05) is 16.3 Å². The average Bonchev–Trinajstić information content (AvgIpc) is 3.09. The van der Waals surface area contributed by atoms with Crippen LogP contribution >= 0.6 is 11.6 Å². The molecule has 2 aromatic rings. The van der Waals surface area contributed by atoms with Gasteiger partial charge < -0.3 is 0 Å². The second kappa shape index (κ2) is 7.85. The first-order valence-corrected chi connectivity index (χ1v) is 9.86. The largest absolute Gasteiger partial charge is 0.292 e. The fourth-order valence-corrected chi connectivity index (χ4v) is 3.71. The molecule has 1 amide bonds. The number of hydrazone groups is 1. The van der Waals surface area contributed by atoms with Crippen LogP contribution in [-0.2, 0) is 12.8 Å². The number of aryl methyl sites for hydroxylation is 1. The summed E-state index contributed by atoms with van der Waals surface area (Å²) < 4.78 is 0. The SMILES string of the molecule is CCC(C)(C)C1CCc2[nH]nc(C(=O)NN=C(C)c3ccc(Cl)cc3)c2C1. The van der Waals surface area contributed by atoms with Crippen molar-refractivity contribution in [1.29, 1.82) is 0 Å². The number of rotatable bonds is 5. The van der Waals surface area contributed by atoms with E-state index in [9.17, 15) is 4.79 Å². The minimum absolute atomic E-state index is 0.256. The molecular weight excluding hydrogens is 360 g/mol. The molecule has 0 saturated heterocycles. The van der Waals surface area contributed by atoms with Gasteiger partial charge in [0.25, 0.3) is 5.91 Å². The Hall–Kier alpha value is -2.14. The zero-order chi connectivity index (χ0) is 19.6. The van der Waals surface area contributed by atoms with Gasteiger partial charge in [0.05, 0.1) is 5.71 Å². The lowest BCUT2D eigenvalue weighted by Gasteiger charge is -2.36. The molecule has 3 rings (SSSR count). The van der Waals surface area contributed by atoms with Crippen LogP contribution in [0.5, 0.6) is 0 Å². The molecule has 1 aliphatic carbocycles. The van der Waals surface area contributed by atoms with Crippen LogP contribution in [0.2, 0.25) is 5.02 Å². The predicted octanol–water partition coefficient (Wildman–Crippen LogP) is 4.76. The number of nitrogens with one attached hydrogen (secondary N) is 2. The van der Waals surface area contributed by atoms with Crippen LogP contribution < -0.4 is 5.43 Å². The van der Waals surface area contributed by atoms with Crippen molar-refractivity contribution in [2.24, 2.45) is 16.4 Å². The summed E-state index contributed by atoms with van der Waals surface area (Å²) in [5.41, 5.74) is 7.13. The maximum absolute atomic E-state index is 12.7. The summed E-state index contributed by atoms with van der Waals surface area (Å²) in [7, 11) is 0. The molecule has 1 unspecified atom stereocenters. The molecule has 5 nitrogen and oxygen atoms in total. The number of carbonyl (C=O) groups is 1. The van der Waals surface area contributed by atoms with Gasteiger partial charge in [-0.05, 0) is 55.2 Å². The Bertz CT molecular complexity index is 852. The zero-order valence-corrected chi connectivity index (χ0v) is 17.2. The number of nitrogens with zero attached hydrogens (tertiary/aromatic N) is 2. The van der Waals surface area contributed by atoms with Crippen LogP contribution in [0.15, 0.2) is 29.4 Å².